The molecule has 11 heteroatoms. The molecule has 1 aliphatic rings. The molecule has 35 heavy (non-hydrogen) atoms. The fourth-order valence-electron chi connectivity index (χ4n) is 4.29. The number of halogens is 2. The molecular weight excluding hydrogens is 477 g/mol. The van der Waals surface area contributed by atoms with Crippen LogP contribution in [0, 0.1) is 5.82 Å². The topological polar surface area (TPSA) is 141 Å². The van der Waals surface area contributed by atoms with Crippen LogP contribution in [0.3, 0.4) is 0 Å². The van der Waals surface area contributed by atoms with Crippen LogP contribution in [0.5, 0.6) is 0 Å². The first-order chi connectivity index (χ1) is 16.2. The quantitative estimate of drug-likeness (QED) is 0.348. The van der Waals surface area contributed by atoms with Crippen molar-refractivity contribution in [2.45, 2.75) is 25.4 Å². The molecule has 9 nitrogen and oxygen atoms in total. The lowest BCUT2D eigenvalue weighted by Crippen LogP contribution is -2.42. The molecule has 1 aliphatic heterocycles. The number of amides is 1. The van der Waals surface area contributed by atoms with Crippen molar-refractivity contribution in [2.75, 3.05) is 30.8 Å². The van der Waals surface area contributed by atoms with Crippen LogP contribution < -0.4 is 21.9 Å². The predicted octanol–water partition coefficient (Wildman–Crippen LogP) is 3.00. The number of nitrogens with one attached hydrogen (secondary N) is 3. The summed E-state index contributed by atoms with van der Waals surface area (Å²) in [5.74, 6) is -2.28. The second-order valence-electron chi connectivity index (χ2n) is 8.45. The van der Waals surface area contributed by atoms with Crippen molar-refractivity contribution in [1.29, 1.82) is 0 Å². The smallest absolute Gasteiger partial charge is 0.335 e. The van der Waals surface area contributed by atoms with E-state index in [1.54, 1.807) is 7.05 Å². The number of anilines is 2. The van der Waals surface area contributed by atoms with Crippen LogP contribution >= 0.6 is 12.4 Å². The Morgan fingerprint density at radius 2 is 2.00 bits per heavy atom. The Bertz CT molecular complexity index is 1330. The van der Waals surface area contributed by atoms with Crippen molar-refractivity contribution >= 4 is 46.6 Å². The molecule has 1 aromatic heterocycles. The van der Waals surface area contributed by atoms with E-state index in [0.717, 1.165) is 19.4 Å². The van der Waals surface area contributed by atoms with Crippen molar-refractivity contribution in [2.24, 2.45) is 5.73 Å². The minimum atomic E-state index is -1.08. The Morgan fingerprint density at radius 1 is 1.23 bits per heavy atom. The van der Waals surface area contributed by atoms with Crippen LogP contribution in [0.4, 0.5) is 15.8 Å². The lowest BCUT2D eigenvalue weighted by Gasteiger charge is -2.31. The highest BCUT2D eigenvalue weighted by molar-refractivity contribution is 6.07. The number of benzene rings is 2. The van der Waals surface area contributed by atoms with Gasteiger partial charge in [-0.2, -0.15) is 0 Å². The average Bonchev–Trinajstić information content (AvgIpc) is 2.79. The van der Waals surface area contributed by atoms with Crippen molar-refractivity contribution in [3.05, 3.63) is 69.3 Å². The number of fused-ring (bicyclic) bond motifs is 1. The largest absolute Gasteiger partial charge is 0.478 e. The zero-order valence-electron chi connectivity index (χ0n) is 19.1. The summed E-state index contributed by atoms with van der Waals surface area (Å²) in [6, 6.07) is 8.26. The van der Waals surface area contributed by atoms with Crippen LogP contribution in [-0.4, -0.2) is 53.0 Å². The first kappa shape index (κ1) is 26.1. The number of piperidine rings is 1. The number of carboxylic acids is 1. The first-order valence-electron chi connectivity index (χ1n) is 10.9. The molecule has 0 bridgehead atoms. The number of aromatic amines is 1. The Hall–Kier alpha value is -3.47. The predicted molar refractivity (Wildman–Crippen MR) is 135 cm³/mol. The van der Waals surface area contributed by atoms with Crippen LogP contribution in [0.1, 0.15) is 39.1 Å². The summed E-state index contributed by atoms with van der Waals surface area (Å²) < 4.78 is 14.0. The van der Waals surface area contributed by atoms with Gasteiger partial charge in [-0.15, -0.1) is 12.4 Å². The van der Waals surface area contributed by atoms with Gasteiger partial charge in [-0.3, -0.25) is 14.5 Å². The normalized spacial score (nSPS) is 15.9. The van der Waals surface area contributed by atoms with E-state index in [1.165, 1.54) is 36.4 Å². The highest BCUT2D eigenvalue weighted by Gasteiger charge is 2.21. The average molecular weight is 504 g/mol. The molecular formula is C24H27ClFN5O4. The number of aromatic carboxylic acids is 1. The van der Waals surface area contributed by atoms with Gasteiger partial charge in [0.05, 0.1) is 16.8 Å². The van der Waals surface area contributed by atoms with Crippen molar-refractivity contribution in [1.82, 2.24) is 9.88 Å². The minimum absolute atomic E-state index is 0. The van der Waals surface area contributed by atoms with Crippen LogP contribution in [0.15, 0.2) is 41.2 Å². The van der Waals surface area contributed by atoms with E-state index in [0.29, 0.717) is 40.9 Å². The third kappa shape index (κ3) is 5.79. The van der Waals surface area contributed by atoms with Gasteiger partial charge >= 0.3 is 5.97 Å². The molecule has 0 aliphatic carbocycles. The molecule has 1 unspecified atom stereocenters. The van der Waals surface area contributed by atoms with Gasteiger partial charge in [-0.1, -0.05) is 0 Å². The highest BCUT2D eigenvalue weighted by Crippen LogP contribution is 2.25. The number of nitrogens with zero attached hydrogens (tertiary/aromatic N) is 1. The van der Waals surface area contributed by atoms with Crippen molar-refractivity contribution < 1.29 is 19.1 Å². The number of aromatic nitrogens is 1. The zero-order valence-corrected chi connectivity index (χ0v) is 19.9. The summed E-state index contributed by atoms with van der Waals surface area (Å²) >= 11 is 0. The van der Waals surface area contributed by atoms with Crippen molar-refractivity contribution in [3.8, 4) is 0 Å². The fraction of sp³-hybridized carbons (Fsp3) is 0.292. The second kappa shape index (κ2) is 10.9. The van der Waals surface area contributed by atoms with Gasteiger partial charge in [0.25, 0.3) is 11.5 Å². The molecule has 4 rings (SSSR count). The molecule has 3 aromatic rings. The number of H-pyrrole nitrogens is 1. The van der Waals surface area contributed by atoms with Gasteiger partial charge in [-0.05, 0) is 61.3 Å². The number of carboxylic acid groups (broad SMARTS) is 1. The molecule has 1 saturated heterocycles. The number of pyridine rings is 1. The number of likely N-dealkylation sites (tertiary alicyclic amines) is 1. The molecule has 2 aromatic carbocycles. The fourth-order valence-corrected chi connectivity index (χ4v) is 4.29. The third-order valence-corrected chi connectivity index (χ3v) is 5.97. The Morgan fingerprint density at radius 3 is 2.69 bits per heavy atom. The summed E-state index contributed by atoms with van der Waals surface area (Å²) in [5, 5.41) is 15.3. The van der Waals surface area contributed by atoms with E-state index >= 15 is 0 Å². The van der Waals surface area contributed by atoms with Crippen LogP contribution in [-0.2, 0) is 6.54 Å². The van der Waals surface area contributed by atoms with Gasteiger partial charge in [0.1, 0.15) is 11.4 Å². The van der Waals surface area contributed by atoms with Gasteiger partial charge < -0.3 is 26.5 Å². The van der Waals surface area contributed by atoms with Gasteiger partial charge in [0.15, 0.2) is 0 Å². The molecule has 6 N–H and O–H groups in total. The van der Waals surface area contributed by atoms with E-state index < -0.39 is 23.3 Å². The number of hydrogen-bond acceptors (Lipinski definition) is 6. The molecule has 0 spiro atoms. The molecule has 1 atom stereocenters. The Kier molecular flexibility index (Phi) is 8.11. The summed E-state index contributed by atoms with van der Waals surface area (Å²) in [7, 11) is 1.60. The monoisotopic (exact) mass is 503 g/mol. The summed E-state index contributed by atoms with van der Waals surface area (Å²) in [6.07, 6.45) is 1.86. The molecule has 0 radical (unpaired) electrons. The second-order valence-corrected chi connectivity index (χ2v) is 8.45. The number of carbonyl (C=O) groups excluding carboxylic acids is 1. The molecule has 1 amide bonds. The standard InChI is InChI=1S/C24H26FN5O4.ClH/c1-27-20-10-16(25)8-14-9-18(23(32)29-21(14)20)22(31)28-19-5-4-13(24(33)34)7-15(19)11-30-6-2-3-17(26)12-30;/h4-5,7-10,17,27H,2-3,6,11-12,26H2,1H3,(H,28,31)(H,29,32)(H,33,34);1H. The molecule has 186 valence electrons. The lowest BCUT2D eigenvalue weighted by atomic mass is 10.0. The van der Waals surface area contributed by atoms with Crippen LogP contribution in [0.25, 0.3) is 10.9 Å². The Balaban J connectivity index is 0.00000342. The summed E-state index contributed by atoms with van der Waals surface area (Å²) in [5.41, 5.74) is 7.12. The maximum Gasteiger partial charge on any atom is 0.335 e. The third-order valence-electron chi connectivity index (χ3n) is 5.97. The van der Waals surface area contributed by atoms with E-state index in [-0.39, 0.29) is 29.6 Å². The van der Waals surface area contributed by atoms with E-state index in [4.69, 9.17) is 5.73 Å². The number of hydrogen-bond donors (Lipinski definition) is 5. The number of carbonyl (C=O) groups is 2. The first-order valence-corrected chi connectivity index (χ1v) is 10.9. The number of nitrogens with two attached hydrogens (primary N) is 1. The SMILES string of the molecule is CNc1cc(F)cc2cc(C(=O)Nc3ccc(C(=O)O)cc3CN3CCCC(N)C3)c(=O)[nH]c12.Cl. The maximum atomic E-state index is 14.0. The van der Waals surface area contributed by atoms with Crippen LogP contribution in [0.2, 0.25) is 0 Å². The minimum Gasteiger partial charge on any atom is -0.478 e. The molecule has 2 heterocycles. The van der Waals surface area contributed by atoms with E-state index in [1.807, 2.05) is 0 Å². The lowest BCUT2D eigenvalue weighted by molar-refractivity contribution is 0.0696. The van der Waals surface area contributed by atoms with Crippen molar-refractivity contribution in [3.63, 3.8) is 0 Å². The van der Waals surface area contributed by atoms with E-state index in [9.17, 15) is 23.9 Å². The maximum absolute atomic E-state index is 14.0. The number of rotatable bonds is 6. The highest BCUT2D eigenvalue weighted by atomic mass is 35.5. The summed E-state index contributed by atoms with van der Waals surface area (Å²) in [6.45, 7) is 1.87. The van der Waals surface area contributed by atoms with E-state index in [2.05, 4.69) is 20.5 Å². The summed E-state index contributed by atoms with van der Waals surface area (Å²) in [4.78, 5) is 41.9. The zero-order chi connectivity index (χ0) is 24.4. The van der Waals surface area contributed by atoms with Gasteiger partial charge in [-0.25, -0.2) is 9.18 Å². The Labute approximate surface area is 206 Å². The van der Waals surface area contributed by atoms with Gasteiger partial charge in [0.2, 0.25) is 0 Å². The molecule has 1 fully saturated rings. The van der Waals surface area contributed by atoms with Gasteiger partial charge in [0, 0.05) is 37.3 Å². The molecule has 0 saturated carbocycles.